The molecule has 0 spiro atoms. The van der Waals surface area contributed by atoms with Gasteiger partial charge < -0.3 is 19.8 Å². The summed E-state index contributed by atoms with van der Waals surface area (Å²) < 4.78 is 13.2. The number of furan rings is 1. The lowest BCUT2D eigenvalue weighted by Gasteiger charge is -2.27. The smallest absolute Gasteiger partial charge is 0.256 e. The molecule has 0 bridgehead atoms. The maximum atomic E-state index is 13.4. The normalized spacial score (nSPS) is 15.0. The summed E-state index contributed by atoms with van der Waals surface area (Å²) in [6.07, 6.45) is 3.25. The number of allylic oxidation sites excluding steroid dienone is 1. The van der Waals surface area contributed by atoms with Gasteiger partial charge >= 0.3 is 0 Å². The van der Waals surface area contributed by atoms with E-state index in [1.807, 2.05) is 57.2 Å². The Balaban J connectivity index is 1.54. The molecule has 9 nitrogen and oxygen atoms in total. The fourth-order valence-electron chi connectivity index (χ4n) is 3.93. The second-order valence-electron chi connectivity index (χ2n) is 7.87. The SMILES string of the molecule is CCOc1ccc(-c2nc3n(n2)C(c2ccc(C)o2)C(C(=O)Nc2cccnc2)=C(C)N3)cc1. The van der Waals surface area contributed by atoms with E-state index >= 15 is 0 Å². The van der Waals surface area contributed by atoms with E-state index < -0.39 is 6.04 Å². The molecule has 1 aliphatic heterocycles. The van der Waals surface area contributed by atoms with Crippen LogP contribution in [0.15, 0.2) is 76.6 Å². The van der Waals surface area contributed by atoms with Crippen molar-refractivity contribution in [1.82, 2.24) is 19.7 Å². The molecule has 4 aromatic rings. The summed E-state index contributed by atoms with van der Waals surface area (Å²) >= 11 is 0. The second kappa shape index (κ2) is 8.86. The summed E-state index contributed by atoms with van der Waals surface area (Å²) in [5.41, 5.74) is 2.58. The van der Waals surface area contributed by atoms with Gasteiger partial charge in [0.15, 0.2) is 5.82 Å². The van der Waals surface area contributed by atoms with Crippen LogP contribution >= 0.6 is 0 Å². The molecule has 1 atom stereocenters. The summed E-state index contributed by atoms with van der Waals surface area (Å²) in [7, 11) is 0. The molecule has 0 aliphatic carbocycles. The van der Waals surface area contributed by atoms with Gasteiger partial charge in [-0.2, -0.15) is 4.98 Å². The van der Waals surface area contributed by atoms with Crippen molar-refractivity contribution in [3.05, 3.63) is 83.7 Å². The number of amides is 1. The van der Waals surface area contributed by atoms with Crippen LogP contribution in [-0.2, 0) is 4.79 Å². The number of nitrogens with zero attached hydrogens (tertiary/aromatic N) is 4. The van der Waals surface area contributed by atoms with E-state index in [9.17, 15) is 4.79 Å². The van der Waals surface area contributed by atoms with Gasteiger partial charge in [-0.15, -0.1) is 5.10 Å². The number of ether oxygens (including phenoxy) is 1. The lowest BCUT2D eigenvalue weighted by Crippen LogP contribution is -2.31. The first kappa shape index (κ1) is 21.4. The van der Waals surface area contributed by atoms with E-state index in [-0.39, 0.29) is 5.91 Å². The van der Waals surface area contributed by atoms with E-state index in [1.54, 1.807) is 29.2 Å². The van der Waals surface area contributed by atoms with Crippen LogP contribution in [0, 0.1) is 6.92 Å². The van der Waals surface area contributed by atoms with Gasteiger partial charge in [0.25, 0.3) is 5.91 Å². The molecule has 3 aromatic heterocycles. The number of rotatable bonds is 6. The van der Waals surface area contributed by atoms with Crippen LogP contribution in [0.5, 0.6) is 5.75 Å². The van der Waals surface area contributed by atoms with Gasteiger partial charge in [0, 0.05) is 17.5 Å². The molecule has 1 amide bonds. The Labute approximate surface area is 196 Å². The van der Waals surface area contributed by atoms with E-state index in [0.29, 0.717) is 41.1 Å². The Morgan fingerprint density at radius 2 is 2.00 bits per heavy atom. The summed E-state index contributed by atoms with van der Waals surface area (Å²) in [6.45, 7) is 6.25. The van der Waals surface area contributed by atoms with Crippen molar-refractivity contribution >= 4 is 17.5 Å². The standard InChI is InChI=1S/C25H24N6O3/c1-4-33-19-10-8-17(9-11-19)23-29-25-27-16(3)21(24(32)28-18-6-5-13-26-14-18)22(31(25)30-23)20-12-7-15(2)34-20/h5-14,22H,4H2,1-3H3,(H,28,32)(H,27,29,30). The summed E-state index contributed by atoms with van der Waals surface area (Å²) in [4.78, 5) is 22.2. The zero-order valence-corrected chi connectivity index (χ0v) is 19.1. The molecule has 0 saturated carbocycles. The van der Waals surface area contributed by atoms with Crippen LogP contribution in [0.25, 0.3) is 11.4 Å². The highest BCUT2D eigenvalue weighted by molar-refractivity contribution is 6.05. The van der Waals surface area contributed by atoms with Crippen molar-refractivity contribution in [2.75, 3.05) is 17.2 Å². The lowest BCUT2D eigenvalue weighted by molar-refractivity contribution is -0.113. The van der Waals surface area contributed by atoms with Crippen molar-refractivity contribution in [3.8, 4) is 17.1 Å². The zero-order chi connectivity index (χ0) is 23.7. The van der Waals surface area contributed by atoms with Crippen molar-refractivity contribution < 1.29 is 13.9 Å². The number of nitrogens with one attached hydrogen (secondary N) is 2. The molecular weight excluding hydrogens is 432 g/mol. The fraction of sp³-hybridized carbons (Fsp3) is 0.200. The van der Waals surface area contributed by atoms with E-state index in [4.69, 9.17) is 14.3 Å². The molecular formula is C25H24N6O3. The molecule has 1 unspecified atom stereocenters. The summed E-state index contributed by atoms with van der Waals surface area (Å²) in [6, 6.07) is 14.3. The van der Waals surface area contributed by atoms with Gasteiger partial charge in [0.2, 0.25) is 5.95 Å². The number of fused-ring (bicyclic) bond motifs is 1. The zero-order valence-electron chi connectivity index (χ0n) is 19.1. The maximum absolute atomic E-state index is 13.4. The Kier molecular flexibility index (Phi) is 5.59. The molecule has 9 heteroatoms. The number of pyridine rings is 1. The third-order valence-electron chi connectivity index (χ3n) is 5.47. The molecule has 0 saturated heterocycles. The number of carbonyl (C=O) groups excluding carboxylic acids is 1. The Hall–Kier alpha value is -4.40. The van der Waals surface area contributed by atoms with Gasteiger partial charge in [-0.3, -0.25) is 9.78 Å². The van der Waals surface area contributed by atoms with Gasteiger partial charge in [0.05, 0.1) is 24.1 Å². The first-order valence-corrected chi connectivity index (χ1v) is 11.0. The number of aromatic nitrogens is 4. The molecule has 0 fully saturated rings. The molecule has 0 radical (unpaired) electrons. The minimum Gasteiger partial charge on any atom is -0.494 e. The lowest BCUT2D eigenvalue weighted by atomic mass is 10.00. The maximum Gasteiger partial charge on any atom is 0.256 e. The second-order valence-corrected chi connectivity index (χ2v) is 7.87. The third-order valence-corrected chi connectivity index (χ3v) is 5.47. The Morgan fingerprint density at radius 3 is 2.68 bits per heavy atom. The molecule has 4 heterocycles. The van der Waals surface area contributed by atoms with Crippen LogP contribution in [0.4, 0.5) is 11.6 Å². The molecule has 1 aliphatic rings. The highest BCUT2D eigenvalue weighted by Gasteiger charge is 2.36. The van der Waals surface area contributed by atoms with Crippen LogP contribution in [0.2, 0.25) is 0 Å². The average molecular weight is 457 g/mol. The minimum absolute atomic E-state index is 0.277. The van der Waals surface area contributed by atoms with Crippen LogP contribution in [0.1, 0.15) is 31.4 Å². The van der Waals surface area contributed by atoms with E-state index in [0.717, 1.165) is 17.1 Å². The molecule has 5 rings (SSSR count). The van der Waals surface area contributed by atoms with Gasteiger partial charge in [-0.05, 0) is 69.3 Å². The number of hydrogen-bond acceptors (Lipinski definition) is 7. The number of carbonyl (C=O) groups is 1. The first-order chi connectivity index (χ1) is 16.5. The first-order valence-electron chi connectivity index (χ1n) is 11.0. The quantitative estimate of drug-likeness (QED) is 0.438. The minimum atomic E-state index is -0.592. The van der Waals surface area contributed by atoms with Crippen molar-refractivity contribution in [3.63, 3.8) is 0 Å². The van der Waals surface area contributed by atoms with Crippen LogP contribution < -0.4 is 15.4 Å². The average Bonchev–Trinajstić information content (AvgIpc) is 3.45. The van der Waals surface area contributed by atoms with Gasteiger partial charge in [0.1, 0.15) is 23.3 Å². The van der Waals surface area contributed by atoms with Crippen molar-refractivity contribution in [2.24, 2.45) is 0 Å². The number of benzene rings is 1. The Morgan fingerprint density at radius 1 is 1.18 bits per heavy atom. The molecule has 2 N–H and O–H groups in total. The van der Waals surface area contributed by atoms with Crippen LogP contribution in [-0.4, -0.2) is 32.3 Å². The number of anilines is 2. The third kappa shape index (κ3) is 4.03. The number of hydrogen-bond donors (Lipinski definition) is 2. The molecule has 34 heavy (non-hydrogen) atoms. The van der Waals surface area contributed by atoms with Crippen molar-refractivity contribution in [2.45, 2.75) is 26.8 Å². The van der Waals surface area contributed by atoms with E-state index in [2.05, 4.69) is 20.6 Å². The van der Waals surface area contributed by atoms with Crippen LogP contribution in [0.3, 0.4) is 0 Å². The predicted octanol–water partition coefficient (Wildman–Crippen LogP) is 4.57. The highest BCUT2D eigenvalue weighted by Crippen LogP contribution is 2.37. The number of aryl methyl sites for hydroxylation is 1. The predicted molar refractivity (Wildman–Crippen MR) is 127 cm³/mol. The fourth-order valence-corrected chi connectivity index (χ4v) is 3.93. The van der Waals surface area contributed by atoms with E-state index in [1.165, 1.54) is 0 Å². The summed E-state index contributed by atoms with van der Waals surface area (Å²) in [5, 5.41) is 10.9. The monoisotopic (exact) mass is 456 g/mol. The molecule has 1 aromatic carbocycles. The Bertz CT molecular complexity index is 1360. The highest BCUT2D eigenvalue weighted by atomic mass is 16.5. The molecule has 172 valence electrons. The van der Waals surface area contributed by atoms with Crippen molar-refractivity contribution in [1.29, 1.82) is 0 Å². The summed E-state index contributed by atoms with van der Waals surface area (Å²) in [5.74, 6) is 2.90. The van der Waals surface area contributed by atoms with Gasteiger partial charge in [-0.1, -0.05) is 0 Å². The van der Waals surface area contributed by atoms with Gasteiger partial charge in [-0.25, -0.2) is 4.68 Å². The largest absolute Gasteiger partial charge is 0.494 e. The topological polar surface area (TPSA) is 107 Å².